The van der Waals surface area contributed by atoms with E-state index in [4.69, 9.17) is 11.5 Å². The predicted molar refractivity (Wildman–Crippen MR) is 76.0 cm³/mol. The molecule has 0 bridgehead atoms. The number of fused-ring (bicyclic) bond motifs is 1. The van der Waals surface area contributed by atoms with Gasteiger partial charge in [-0.05, 0) is 17.2 Å². The highest BCUT2D eigenvalue weighted by Gasteiger charge is 2.21. The van der Waals surface area contributed by atoms with E-state index in [1.165, 1.54) is 0 Å². The van der Waals surface area contributed by atoms with Gasteiger partial charge in [0.25, 0.3) is 0 Å². The van der Waals surface area contributed by atoms with Crippen LogP contribution in [0, 0.1) is 0 Å². The zero-order chi connectivity index (χ0) is 12.5. The van der Waals surface area contributed by atoms with E-state index in [9.17, 15) is 0 Å². The SMILES string of the molecule is NC1=C(N)c2ccccc2/C1=C\c1ccccc1. The zero-order valence-corrected chi connectivity index (χ0v) is 9.93. The quantitative estimate of drug-likeness (QED) is 0.797. The lowest BCUT2D eigenvalue weighted by molar-refractivity contribution is 1.44. The largest absolute Gasteiger partial charge is 0.397 e. The average Bonchev–Trinajstić information content (AvgIpc) is 2.66. The molecule has 0 spiro atoms. The molecule has 2 nitrogen and oxygen atoms in total. The number of rotatable bonds is 1. The molecule has 0 saturated heterocycles. The van der Waals surface area contributed by atoms with Gasteiger partial charge in [-0.2, -0.15) is 0 Å². The summed E-state index contributed by atoms with van der Waals surface area (Å²) < 4.78 is 0. The van der Waals surface area contributed by atoms with E-state index in [0.29, 0.717) is 11.4 Å². The van der Waals surface area contributed by atoms with Crippen molar-refractivity contribution in [2.24, 2.45) is 11.5 Å². The summed E-state index contributed by atoms with van der Waals surface area (Å²) in [7, 11) is 0. The molecule has 88 valence electrons. The molecule has 18 heavy (non-hydrogen) atoms. The Hall–Kier alpha value is -2.48. The summed E-state index contributed by atoms with van der Waals surface area (Å²) in [5.41, 5.74) is 17.8. The summed E-state index contributed by atoms with van der Waals surface area (Å²) >= 11 is 0. The standard InChI is InChI=1S/C16H14N2/c17-15-13-9-5-4-8-12(13)14(16(15)18)10-11-6-2-1-3-7-11/h1-10H,17-18H2/b14-10+. The van der Waals surface area contributed by atoms with E-state index in [-0.39, 0.29) is 0 Å². The van der Waals surface area contributed by atoms with Crippen molar-refractivity contribution in [1.29, 1.82) is 0 Å². The Labute approximate surface area is 106 Å². The molecule has 0 aromatic heterocycles. The van der Waals surface area contributed by atoms with Crippen LogP contribution in [-0.4, -0.2) is 0 Å². The molecular formula is C16H14N2. The molecule has 2 heteroatoms. The second kappa shape index (κ2) is 4.08. The van der Waals surface area contributed by atoms with Crippen molar-refractivity contribution in [3.63, 3.8) is 0 Å². The van der Waals surface area contributed by atoms with Crippen molar-refractivity contribution in [2.75, 3.05) is 0 Å². The fraction of sp³-hybridized carbons (Fsp3) is 0. The molecule has 0 aliphatic heterocycles. The second-order valence-corrected chi connectivity index (χ2v) is 4.34. The molecule has 1 aliphatic carbocycles. The molecule has 2 aromatic carbocycles. The third kappa shape index (κ3) is 1.59. The van der Waals surface area contributed by atoms with Crippen LogP contribution in [0.3, 0.4) is 0 Å². The number of hydrogen-bond donors (Lipinski definition) is 2. The number of hydrogen-bond acceptors (Lipinski definition) is 2. The van der Waals surface area contributed by atoms with Crippen LogP contribution in [0.4, 0.5) is 0 Å². The first-order valence-electron chi connectivity index (χ1n) is 5.89. The predicted octanol–water partition coefficient (Wildman–Crippen LogP) is 2.83. The van der Waals surface area contributed by atoms with Gasteiger partial charge in [0, 0.05) is 11.1 Å². The van der Waals surface area contributed by atoms with Gasteiger partial charge in [0.15, 0.2) is 0 Å². The summed E-state index contributed by atoms with van der Waals surface area (Å²) in [6.07, 6.45) is 2.08. The van der Waals surface area contributed by atoms with Gasteiger partial charge in [-0.25, -0.2) is 0 Å². The van der Waals surface area contributed by atoms with Crippen LogP contribution in [0.2, 0.25) is 0 Å². The van der Waals surface area contributed by atoms with Crippen LogP contribution in [0.1, 0.15) is 16.7 Å². The van der Waals surface area contributed by atoms with Gasteiger partial charge < -0.3 is 11.5 Å². The minimum atomic E-state index is 0.667. The van der Waals surface area contributed by atoms with E-state index in [0.717, 1.165) is 22.3 Å². The van der Waals surface area contributed by atoms with Crippen molar-refractivity contribution in [2.45, 2.75) is 0 Å². The summed E-state index contributed by atoms with van der Waals surface area (Å²) in [6, 6.07) is 18.2. The highest BCUT2D eigenvalue weighted by atomic mass is 14.7. The second-order valence-electron chi connectivity index (χ2n) is 4.34. The van der Waals surface area contributed by atoms with E-state index in [1.807, 2.05) is 36.4 Å². The van der Waals surface area contributed by atoms with Crippen molar-refractivity contribution in [1.82, 2.24) is 0 Å². The van der Waals surface area contributed by atoms with Crippen LogP contribution in [0.25, 0.3) is 17.3 Å². The Balaban J connectivity index is 2.17. The first-order valence-corrected chi connectivity index (χ1v) is 5.89. The Bertz CT molecular complexity index is 652. The molecule has 0 atom stereocenters. The zero-order valence-electron chi connectivity index (χ0n) is 9.93. The Kier molecular flexibility index (Phi) is 2.41. The maximum absolute atomic E-state index is 6.11. The van der Waals surface area contributed by atoms with Gasteiger partial charge in [0.1, 0.15) is 0 Å². The van der Waals surface area contributed by atoms with Crippen molar-refractivity contribution >= 4 is 17.3 Å². The Morgan fingerprint density at radius 3 is 2.00 bits per heavy atom. The summed E-state index contributed by atoms with van der Waals surface area (Å²) in [5, 5.41) is 0. The summed E-state index contributed by atoms with van der Waals surface area (Å²) in [6.45, 7) is 0. The average molecular weight is 234 g/mol. The lowest BCUT2D eigenvalue weighted by Crippen LogP contribution is -2.03. The van der Waals surface area contributed by atoms with E-state index in [1.54, 1.807) is 0 Å². The van der Waals surface area contributed by atoms with Crippen LogP contribution in [0.5, 0.6) is 0 Å². The van der Waals surface area contributed by atoms with Gasteiger partial charge in [-0.15, -0.1) is 0 Å². The topological polar surface area (TPSA) is 52.0 Å². The fourth-order valence-corrected chi connectivity index (χ4v) is 2.26. The Morgan fingerprint density at radius 2 is 1.28 bits per heavy atom. The van der Waals surface area contributed by atoms with Gasteiger partial charge in [-0.3, -0.25) is 0 Å². The third-order valence-electron chi connectivity index (χ3n) is 3.20. The number of allylic oxidation sites excluding steroid dienone is 1. The third-order valence-corrected chi connectivity index (χ3v) is 3.20. The Morgan fingerprint density at radius 1 is 0.667 bits per heavy atom. The maximum Gasteiger partial charge on any atom is 0.0634 e. The molecule has 0 fully saturated rings. The van der Waals surface area contributed by atoms with E-state index < -0.39 is 0 Å². The van der Waals surface area contributed by atoms with Gasteiger partial charge in [0.05, 0.1) is 11.4 Å². The minimum Gasteiger partial charge on any atom is -0.397 e. The molecule has 2 aromatic rings. The lowest BCUT2D eigenvalue weighted by Gasteiger charge is -2.03. The van der Waals surface area contributed by atoms with Gasteiger partial charge in [-0.1, -0.05) is 54.6 Å². The van der Waals surface area contributed by atoms with Crippen molar-refractivity contribution < 1.29 is 0 Å². The normalized spacial score (nSPS) is 16.1. The summed E-state index contributed by atoms with van der Waals surface area (Å²) in [5.74, 6) is 0. The van der Waals surface area contributed by atoms with Gasteiger partial charge in [0.2, 0.25) is 0 Å². The fourth-order valence-electron chi connectivity index (χ4n) is 2.26. The monoisotopic (exact) mass is 234 g/mol. The van der Waals surface area contributed by atoms with Crippen LogP contribution in [-0.2, 0) is 0 Å². The number of nitrogens with two attached hydrogens (primary N) is 2. The van der Waals surface area contributed by atoms with E-state index in [2.05, 4.69) is 24.3 Å². The van der Waals surface area contributed by atoms with Crippen molar-refractivity contribution in [3.8, 4) is 0 Å². The molecule has 0 heterocycles. The molecule has 0 amide bonds. The molecular weight excluding hydrogens is 220 g/mol. The van der Waals surface area contributed by atoms with Crippen LogP contribution in [0.15, 0.2) is 60.3 Å². The van der Waals surface area contributed by atoms with E-state index >= 15 is 0 Å². The van der Waals surface area contributed by atoms with Gasteiger partial charge >= 0.3 is 0 Å². The van der Waals surface area contributed by atoms with Crippen molar-refractivity contribution in [3.05, 3.63) is 77.0 Å². The first kappa shape index (κ1) is 10.7. The molecule has 0 unspecified atom stereocenters. The highest BCUT2D eigenvalue weighted by molar-refractivity contribution is 6.04. The molecule has 0 radical (unpaired) electrons. The first-order chi connectivity index (χ1) is 8.77. The summed E-state index contributed by atoms with van der Waals surface area (Å²) in [4.78, 5) is 0. The molecule has 3 rings (SSSR count). The highest BCUT2D eigenvalue weighted by Crippen LogP contribution is 2.37. The lowest BCUT2D eigenvalue weighted by atomic mass is 10.0. The number of benzene rings is 2. The minimum absolute atomic E-state index is 0.667. The maximum atomic E-state index is 6.11. The molecule has 1 aliphatic rings. The molecule has 0 saturated carbocycles. The van der Waals surface area contributed by atoms with Crippen LogP contribution < -0.4 is 11.5 Å². The van der Waals surface area contributed by atoms with Crippen LogP contribution >= 0.6 is 0 Å². The molecule has 4 N–H and O–H groups in total. The smallest absolute Gasteiger partial charge is 0.0634 e.